The third-order valence-electron chi connectivity index (χ3n) is 6.37. The number of esters is 1. The second-order valence-corrected chi connectivity index (χ2v) is 10.0. The molecule has 3 amide bonds. The van der Waals surface area contributed by atoms with Gasteiger partial charge >= 0.3 is 5.97 Å². The predicted molar refractivity (Wildman–Crippen MR) is 134 cm³/mol. The topological polar surface area (TPSA) is 114 Å². The SMILES string of the molecule is CCCCC(C)CC1NC(=O)C(C)NC(=O)C(Cc2ccccc2)NC(=O)CC(C(C)C)OC1=O. The molecule has 1 aliphatic heterocycles. The molecule has 0 aliphatic carbocycles. The number of carbonyl (C=O) groups is 4. The van der Waals surface area contributed by atoms with E-state index in [4.69, 9.17) is 4.74 Å². The van der Waals surface area contributed by atoms with Crippen LogP contribution in [-0.4, -0.2) is 47.9 Å². The molecule has 1 heterocycles. The van der Waals surface area contributed by atoms with Crippen molar-refractivity contribution >= 4 is 23.7 Å². The maximum absolute atomic E-state index is 13.1. The quantitative estimate of drug-likeness (QED) is 0.488. The van der Waals surface area contributed by atoms with Crippen molar-refractivity contribution in [3.05, 3.63) is 35.9 Å². The minimum atomic E-state index is -0.888. The lowest BCUT2D eigenvalue weighted by Gasteiger charge is -2.26. The van der Waals surface area contributed by atoms with Gasteiger partial charge in [-0.25, -0.2) is 4.79 Å². The molecule has 0 aromatic heterocycles. The Bertz CT molecular complexity index is 858. The molecule has 2 rings (SSSR count). The number of benzene rings is 1. The van der Waals surface area contributed by atoms with Crippen molar-refractivity contribution in [3.8, 4) is 0 Å². The Kier molecular flexibility index (Phi) is 11.2. The summed E-state index contributed by atoms with van der Waals surface area (Å²) < 4.78 is 5.76. The highest BCUT2D eigenvalue weighted by molar-refractivity contribution is 5.94. The summed E-state index contributed by atoms with van der Waals surface area (Å²) in [6.07, 6.45) is 2.97. The first-order valence-electron chi connectivity index (χ1n) is 12.7. The van der Waals surface area contributed by atoms with Gasteiger partial charge in [0.25, 0.3) is 0 Å². The van der Waals surface area contributed by atoms with Crippen LogP contribution in [0.1, 0.15) is 72.3 Å². The molecule has 1 fully saturated rings. The Morgan fingerprint density at radius 2 is 1.63 bits per heavy atom. The van der Waals surface area contributed by atoms with Gasteiger partial charge in [-0.3, -0.25) is 14.4 Å². The van der Waals surface area contributed by atoms with Crippen LogP contribution >= 0.6 is 0 Å². The monoisotopic (exact) mass is 487 g/mol. The maximum Gasteiger partial charge on any atom is 0.328 e. The summed E-state index contributed by atoms with van der Waals surface area (Å²) >= 11 is 0. The average Bonchev–Trinajstić information content (AvgIpc) is 2.81. The van der Waals surface area contributed by atoms with Gasteiger partial charge in [0.15, 0.2) is 0 Å². The molecule has 0 saturated carbocycles. The molecule has 5 unspecified atom stereocenters. The highest BCUT2D eigenvalue weighted by atomic mass is 16.5. The Morgan fingerprint density at radius 3 is 2.26 bits per heavy atom. The van der Waals surface area contributed by atoms with Crippen molar-refractivity contribution in [3.63, 3.8) is 0 Å². The first-order chi connectivity index (χ1) is 16.6. The first-order valence-corrected chi connectivity index (χ1v) is 12.7. The van der Waals surface area contributed by atoms with Crippen LogP contribution in [0.3, 0.4) is 0 Å². The minimum Gasteiger partial charge on any atom is -0.460 e. The zero-order chi connectivity index (χ0) is 26.0. The van der Waals surface area contributed by atoms with Crippen LogP contribution in [0.4, 0.5) is 0 Å². The van der Waals surface area contributed by atoms with Gasteiger partial charge in [-0.15, -0.1) is 0 Å². The van der Waals surface area contributed by atoms with Gasteiger partial charge in [-0.1, -0.05) is 77.3 Å². The lowest BCUT2D eigenvalue weighted by atomic mass is 9.95. The zero-order valence-electron chi connectivity index (χ0n) is 21.6. The van der Waals surface area contributed by atoms with Crippen LogP contribution in [-0.2, 0) is 30.3 Å². The van der Waals surface area contributed by atoms with Crippen LogP contribution in [0.25, 0.3) is 0 Å². The van der Waals surface area contributed by atoms with Gasteiger partial charge in [-0.05, 0) is 30.7 Å². The number of unbranched alkanes of at least 4 members (excludes halogenated alkanes) is 1. The number of cyclic esters (lactones) is 1. The van der Waals surface area contributed by atoms with Gasteiger partial charge in [-0.2, -0.15) is 0 Å². The predicted octanol–water partition coefficient (Wildman–Crippen LogP) is 2.89. The number of ether oxygens (including phenoxy) is 1. The molecular formula is C27H41N3O5. The Labute approximate surface area is 208 Å². The maximum atomic E-state index is 13.1. The smallest absolute Gasteiger partial charge is 0.328 e. The molecule has 1 aliphatic rings. The van der Waals surface area contributed by atoms with Crippen molar-refractivity contribution in [1.82, 2.24) is 16.0 Å². The van der Waals surface area contributed by atoms with E-state index >= 15 is 0 Å². The molecule has 0 spiro atoms. The van der Waals surface area contributed by atoms with Gasteiger partial charge < -0.3 is 20.7 Å². The number of nitrogens with one attached hydrogen (secondary N) is 3. The van der Waals surface area contributed by atoms with Crippen molar-refractivity contribution in [2.24, 2.45) is 11.8 Å². The van der Waals surface area contributed by atoms with Crippen LogP contribution in [0.2, 0.25) is 0 Å². The van der Waals surface area contributed by atoms with E-state index in [2.05, 4.69) is 22.9 Å². The summed E-state index contributed by atoms with van der Waals surface area (Å²) in [7, 11) is 0. The highest BCUT2D eigenvalue weighted by Gasteiger charge is 2.33. The van der Waals surface area contributed by atoms with Crippen LogP contribution in [0.5, 0.6) is 0 Å². The molecule has 1 aromatic rings. The fourth-order valence-electron chi connectivity index (χ4n) is 4.10. The van der Waals surface area contributed by atoms with Crippen molar-refractivity contribution in [2.45, 2.75) is 97.4 Å². The molecule has 1 aromatic carbocycles. The van der Waals surface area contributed by atoms with Crippen molar-refractivity contribution < 1.29 is 23.9 Å². The van der Waals surface area contributed by atoms with Gasteiger partial charge in [0.2, 0.25) is 17.7 Å². The number of rotatable bonds is 8. The van der Waals surface area contributed by atoms with E-state index in [9.17, 15) is 19.2 Å². The van der Waals surface area contributed by atoms with Gasteiger partial charge in [0.1, 0.15) is 24.2 Å². The Morgan fingerprint density at radius 1 is 0.943 bits per heavy atom. The third-order valence-corrected chi connectivity index (χ3v) is 6.37. The van der Waals surface area contributed by atoms with Crippen LogP contribution < -0.4 is 16.0 Å². The third kappa shape index (κ3) is 9.34. The summed E-state index contributed by atoms with van der Waals surface area (Å²) in [6, 6.07) is 6.75. The number of amides is 3. The molecule has 8 nitrogen and oxygen atoms in total. The molecule has 0 bridgehead atoms. The normalized spacial score (nSPS) is 25.3. The molecule has 0 radical (unpaired) electrons. The Balaban J connectivity index is 2.29. The number of carbonyl (C=O) groups excluding carboxylic acids is 4. The van der Waals surface area contributed by atoms with E-state index in [0.29, 0.717) is 6.42 Å². The van der Waals surface area contributed by atoms with Crippen molar-refractivity contribution in [2.75, 3.05) is 0 Å². The van der Waals surface area contributed by atoms with Gasteiger partial charge in [0, 0.05) is 6.42 Å². The second-order valence-electron chi connectivity index (χ2n) is 10.0. The van der Waals surface area contributed by atoms with E-state index in [0.717, 1.165) is 24.8 Å². The average molecular weight is 488 g/mol. The van der Waals surface area contributed by atoms with Crippen LogP contribution in [0, 0.1) is 11.8 Å². The van der Waals surface area contributed by atoms with Crippen LogP contribution in [0.15, 0.2) is 30.3 Å². The van der Waals surface area contributed by atoms with Gasteiger partial charge in [0.05, 0.1) is 6.42 Å². The summed E-state index contributed by atoms with van der Waals surface area (Å²) in [4.78, 5) is 52.0. The summed E-state index contributed by atoms with van der Waals surface area (Å²) in [5.41, 5.74) is 0.877. The largest absolute Gasteiger partial charge is 0.460 e. The standard InChI is InChI=1S/C27H41N3O5/c1-6-7-11-18(4)14-22-27(34)35-23(17(2)3)16-24(31)29-21(15-20-12-9-8-10-13-20)26(33)28-19(5)25(32)30-22/h8-10,12-13,17-19,21-23H,6-7,11,14-16H2,1-5H3,(H,28,33)(H,29,31)(H,30,32). The van der Waals surface area contributed by atoms with E-state index in [1.165, 1.54) is 0 Å². The van der Waals surface area contributed by atoms with E-state index in [1.807, 2.05) is 51.1 Å². The molecule has 194 valence electrons. The highest BCUT2D eigenvalue weighted by Crippen LogP contribution is 2.18. The fourth-order valence-corrected chi connectivity index (χ4v) is 4.10. The fraction of sp³-hybridized carbons (Fsp3) is 0.630. The minimum absolute atomic E-state index is 0.0659. The van der Waals surface area contributed by atoms with E-state index in [-0.39, 0.29) is 30.6 Å². The second kappa shape index (κ2) is 13.9. The summed E-state index contributed by atoms with van der Waals surface area (Å²) in [5.74, 6) is -1.77. The lowest BCUT2D eigenvalue weighted by molar-refractivity contribution is -0.157. The summed E-state index contributed by atoms with van der Waals surface area (Å²) in [6.45, 7) is 9.46. The zero-order valence-corrected chi connectivity index (χ0v) is 21.6. The van der Waals surface area contributed by atoms with E-state index < -0.39 is 42.0 Å². The van der Waals surface area contributed by atoms with E-state index in [1.54, 1.807) is 6.92 Å². The molecule has 35 heavy (non-hydrogen) atoms. The number of hydrogen-bond acceptors (Lipinski definition) is 5. The number of hydrogen-bond donors (Lipinski definition) is 3. The summed E-state index contributed by atoms with van der Waals surface area (Å²) in [5, 5.41) is 8.26. The van der Waals surface area contributed by atoms with Crippen molar-refractivity contribution in [1.29, 1.82) is 0 Å². The molecule has 8 heteroatoms. The Hall–Kier alpha value is -2.90. The molecule has 3 N–H and O–H groups in total. The molecule has 5 atom stereocenters. The first kappa shape index (κ1) is 28.3. The molecular weight excluding hydrogens is 446 g/mol. The lowest BCUT2D eigenvalue weighted by Crippen LogP contribution is -2.55. The molecule has 1 saturated heterocycles.